The first-order valence-electron chi connectivity index (χ1n) is 12.1. The van der Waals surface area contributed by atoms with Crippen molar-refractivity contribution in [3.8, 4) is 17.3 Å². The number of fused-ring (bicyclic) bond motifs is 1. The number of carbonyl (C=O) groups excluding carboxylic acids is 1. The minimum Gasteiger partial charge on any atom is -0.494 e. The first kappa shape index (κ1) is 24.3. The van der Waals surface area contributed by atoms with E-state index in [1.165, 1.54) is 0 Å². The minimum atomic E-state index is -0.0162. The fourth-order valence-electron chi connectivity index (χ4n) is 4.23. The molecule has 0 spiro atoms. The van der Waals surface area contributed by atoms with E-state index in [1.54, 1.807) is 0 Å². The van der Waals surface area contributed by atoms with Crippen molar-refractivity contribution in [2.45, 2.75) is 47.1 Å². The molecule has 0 aliphatic heterocycles. The number of nitrogens with one attached hydrogen (secondary N) is 1. The van der Waals surface area contributed by atoms with Crippen LogP contribution in [0.1, 0.15) is 42.7 Å². The Morgan fingerprint density at radius 2 is 1.69 bits per heavy atom. The number of benzene rings is 2. The molecule has 0 aliphatic rings. The van der Waals surface area contributed by atoms with Crippen LogP contribution >= 0.6 is 0 Å². The summed E-state index contributed by atoms with van der Waals surface area (Å²) in [5, 5.41) is 8.76. The van der Waals surface area contributed by atoms with E-state index >= 15 is 0 Å². The number of hydrogen-bond donors (Lipinski definition) is 1. The molecular weight excluding hydrogens is 440 g/mol. The van der Waals surface area contributed by atoms with Gasteiger partial charge >= 0.3 is 0 Å². The van der Waals surface area contributed by atoms with Crippen LogP contribution in [0.2, 0.25) is 0 Å². The Bertz CT molecular complexity index is 1300. The van der Waals surface area contributed by atoms with E-state index in [-0.39, 0.29) is 5.91 Å². The molecule has 0 saturated heterocycles. The van der Waals surface area contributed by atoms with Crippen LogP contribution in [0.4, 0.5) is 0 Å². The lowest BCUT2D eigenvalue weighted by Gasteiger charge is -2.14. The highest BCUT2D eigenvalue weighted by Crippen LogP contribution is 2.32. The van der Waals surface area contributed by atoms with Gasteiger partial charge in [-0.15, -0.1) is 0 Å². The molecule has 7 nitrogen and oxygen atoms in total. The van der Waals surface area contributed by atoms with E-state index in [1.807, 2.05) is 80.1 Å². The van der Waals surface area contributed by atoms with E-state index in [0.29, 0.717) is 38.5 Å². The fourth-order valence-corrected chi connectivity index (χ4v) is 4.23. The molecule has 0 aliphatic carbocycles. The summed E-state index contributed by atoms with van der Waals surface area (Å²) in [5.41, 5.74) is 5.64. The molecule has 0 atom stereocenters. The van der Waals surface area contributed by atoms with Crippen LogP contribution in [0.3, 0.4) is 0 Å². The molecule has 0 fully saturated rings. The van der Waals surface area contributed by atoms with Crippen molar-refractivity contribution in [1.29, 1.82) is 0 Å². The lowest BCUT2D eigenvalue weighted by atomic mass is 10.0. The summed E-state index contributed by atoms with van der Waals surface area (Å²) in [7, 11) is 0. The van der Waals surface area contributed by atoms with E-state index in [0.717, 1.165) is 44.9 Å². The maximum absolute atomic E-state index is 12.6. The van der Waals surface area contributed by atoms with E-state index in [9.17, 15) is 4.79 Å². The zero-order chi connectivity index (χ0) is 24.8. The van der Waals surface area contributed by atoms with Gasteiger partial charge in [0, 0.05) is 23.9 Å². The largest absolute Gasteiger partial charge is 0.494 e. The number of rotatable bonds is 10. The Hall–Kier alpha value is -3.87. The molecule has 4 aromatic rings. The summed E-state index contributed by atoms with van der Waals surface area (Å²) < 4.78 is 13.2. The molecule has 182 valence electrons. The lowest BCUT2D eigenvalue weighted by Crippen LogP contribution is -2.23. The van der Waals surface area contributed by atoms with Gasteiger partial charge in [-0.1, -0.05) is 30.3 Å². The van der Waals surface area contributed by atoms with Gasteiger partial charge in [-0.2, -0.15) is 10.1 Å². The number of ether oxygens (including phenoxy) is 2. The number of amides is 1. The second-order valence-corrected chi connectivity index (χ2v) is 8.34. The number of para-hydroxylation sites is 1. The molecule has 0 unspecified atom stereocenters. The van der Waals surface area contributed by atoms with E-state index < -0.39 is 0 Å². The van der Waals surface area contributed by atoms with Crippen molar-refractivity contribution in [3.05, 3.63) is 77.0 Å². The minimum absolute atomic E-state index is 0.0162. The molecule has 0 saturated carbocycles. The average molecular weight is 473 g/mol. The summed E-state index contributed by atoms with van der Waals surface area (Å²) in [4.78, 5) is 17.5. The SMILES string of the molecule is CCOc1ccc(CNC(=O)CCc2c(OCC)nc3c(c(C)nn3-c3ccccc3)c2C)cc1. The van der Waals surface area contributed by atoms with Gasteiger partial charge in [0.05, 0.1) is 24.6 Å². The number of carbonyl (C=O) groups is 1. The highest BCUT2D eigenvalue weighted by molar-refractivity contribution is 5.86. The van der Waals surface area contributed by atoms with Gasteiger partial charge in [-0.25, -0.2) is 4.68 Å². The Morgan fingerprint density at radius 1 is 0.971 bits per heavy atom. The van der Waals surface area contributed by atoms with Crippen LogP contribution in [0.5, 0.6) is 11.6 Å². The van der Waals surface area contributed by atoms with Crippen molar-refractivity contribution < 1.29 is 14.3 Å². The van der Waals surface area contributed by atoms with Crippen LogP contribution in [0.25, 0.3) is 16.7 Å². The van der Waals surface area contributed by atoms with Crippen LogP contribution in [-0.4, -0.2) is 33.9 Å². The number of nitrogens with zero attached hydrogens (tertiary/aromatic N) is 3. The molecule has 1 amide bonds. The molecule has 2 aromatic heterocycles. The molecule has 2 aromatic carbocycles. The third kappa shape index (κ3) is 5.45. The van der Waals surface area contributed by atoms with Gasteiger partial charge in [0.15, 0.2) is 5.65 Å². The molecule has 35 heavy (non-hydrogen) atoms. The van der Waals surface area contributed by atoms with Gasteiger partial charge in [0.1, 0.15) is 5.75 Å². The zero-order valence-electron chi connectivity index (χ0n) is 20.8. The van der Waals surface area contributed by atoms with Gasteiger partial charge in [-0.05, 0) is 69.5 Å². The van der Waals surface area contributed by atoms with Crippen LogP contribution in [0.15, 0.2) is 54.6 Å². The summed E-state index contributed by atoms with van der Waals surface area (Å²) in [6.07, 6.45) is 0.881. The topological polar surface area (TPSA) is 78.3 Å². The van der Waals surface area contributed by atoms with Crippen LogP contribution in [0, 0.1) is 13.8 Å². The molecular formula is C28H32N4O3. The Balaban J connectivity index is 1.52. The number of aryl methyl sites for hydroxylation is 2. The van der Waals surface area contributed by atoms with Crippen molar-refractivity contribution in [1.82, 2.24) is 20.1 Å². The Kier molecular flexibility index (Phi) is 7.65. The quantitative estimate of drug-likeness (QED) is 0.348. The lowest BCUT2D eigenvalue weighted by molar-refractivity contribution is -0.121. The van der Waals surface area contributed by atoms with Gasteiger partial charge in [-0.3, -0.25) is 4.79 Å². The monoisotopic (exact) mass is 472 g/mol. The van der Waals surface area contributed by atoms with Crippen molar-refractivity contribution in [2.24, 2.45) is 0 Å². The molecule has 0 bridgehead atoms. The average Bonchev–Trinajstić information content (AvgIpc) is 3.20. The van der Waals surface area contributed by atoms with E-state index in [4.69, 9.17) is 19.6 Å². The normalized spacial score (nSPS) is 11.0. The number of hydrogen-bond acceptors (Lipinski definition) is 5. The Morgan fingerprint density at radius 3 is 2.37 bits per heavy atom. The molecule has 7 heteroatoms. The smallest absolute Gasteiger partial charge is 0.220 e. The summed E-state index contributed by atoms with van der Waals surface area (Å²) >= 11 is 0. The van der Waals surface area contributed by atoms with Crippen molar-refractivity contribution in [2.75, 3.05) is 13.2 Å². The maximum atomic E-state index is 12.6. The maximum Gasteiger partial charge on any atom is 0.220 e. The van der Waals surface area contributed by atoms with Gasteiger partial charge < -0.3 is 14.8 Å². The predicted molar refractivity (Wildman–Crippen MR) is 137 cm³/mol. The molecule has 0 radical (unpaired) electrons. The number of aromatic nitrogens is 3. The van der Waals surface area contributed by atoms with Gasteiger partial charge in [0.2, 0.25) is 11.8 Å². The molecule has 4 rings (SSSR count). The molecule has 2 heterocycles. The summed E-state index contributed by atoms with van der Waals surface area (Å²) in [5.74, 6) is 1.38. The third-order valence-corrected chi connectivity index (χ3v) is 5.94. The van der Waals surface area contributed by atoms with Crippen LogP contribution < -0.4 is 14.8 Å². The summed E-state index contributed by atoms with van der Waals surface area (Å²) in [6.45, 7) is 9.54. The second kappa shape index (κ2) is 11.0. The van der Waals surface area contributed by atoms with Crippen molar-refractivity contribution in [3.63, 3.8) is 0 Å². The highest BCUT2D eigenvalue weighted by Gasteiger charge is 2.20. The first-order chi connectivity index (χ1) is 17.0. The fraction of sp³-hybridized carbons (Fsp3) is 0.321. The third-order valence-electron chi connectivity index (χ3n) is 5.94. The standard InChI is InChI=1S/C28H32N4O3/c1-5-34-23-14-12-21(13-15-23)18-29-25(33)17-16-24-19(3)26-20(4)31-32(22-10-8-7-9-11-22)27(26)30-28(24)35-6-2/h7-15H,5-6,16-18H2,1-4H3,(H,29,33). The van der Waals surface area contributed by atoms with Crippen molar-refractivity contribution >= 4 is 16.9 Å². The zero-order valence-corrected chi connectivity index (χ0v) is 20.8. The highest BCUT2D eigenvalue weighted by atomic mass is 16.5. The Labute approximate surface area is 206 Å². The van der Waals surface area contributed by atoms with E-state index in [2.05, 4.69) is 12.2 Å². The van der Waals surface area contributed by atoms with Gasteiger partial charge in [0.25, 0.3) is 0 Å². The van der Waals surface area contributed by atoms with Crippen LogP contribution in [-0.2, 0) is 17.8 Å². The second-order valence-electron chi connectivity index (χ2n) is 8.34. The summed E-state index contributed by atoms with van der Waals surface area (Å²) in [6, 6.07) is 17.7. The molecule has 1 N–H and O–H groups in total. The predicted octanol–water partition coefficient (Wildman–Crippen LogP) is 5.08. The number of pyridine rings is 1. The first-order valence-corrected chi connectivity index (χ1v) is 12.1.